The van der Waals surface area contributed by atoms with Crippen molar-refractivity contribution < 1.29 is 26.7 Å². The van der Waals surface area contributed by atoms with Gasteiger partial charge in [0.1, 0.15) is 17.4 Å². The zero-order valence-electron chi connectivity index (χ0n) is 15.5. The van der Waals surface area contributed by atoms with Gasteiger partial charge in [-0.05, 0) is 60.9 Å². The fourth-order valence-electron chi connectivity index (χ4n) is 3.40. The number of benzene rings is 2. The summed E-state index contributed by atoms with van der Waals surface area (Å²) >= 11 is 0. The van der Waals surface area contributed by atoms with Gasteiger partial charge < -0.3 is 4.74 Å². The lowest BCUT2D eigenvalue weighted by Gasteiger charge is -2.10. The second-order valence-electron chi connectivity index (χ2n) is 6.78. The number of rotatable bonds is 4. The van der Waals surface area contributed by atoms with Crippen molar-refractivity contribution in [2.75, 3.05) is 0 Å². The number of hydrogen-bond acceptors (Lipinski definition) is 3. The number of pyridine rings is 1. The Hall–Kier alpha value is -3.29. The molecule has 0 spiro atoms. The van der Waals surface area contributed by atoms with Gasteiger partial charge >= 0.3 is 6.36 Å². The zero-order valence-corrected chi connectivity index (χ0v) is 15.5. The molecule has 0 radical (unpaired) electrons. The summed E-state index contributed by atoms with van der Waals surface area (Å²) in [6.45, 7) is 0. The molecule has 1 aromatic heterocycles. The van der Waals surface area contributed by atoms with Crippen molar-refractivity contribution in [3.05, 3.63) is 83.6 Å². The molecule has 0 saturated carbocycles. The Morgan fingerprint density at radius 1 is 0.900 bits per heavy atom. The molecule has 1 aliphatic heterocycles. The molecule has 4 rings (SSSR count). The Labute approximate surface area is 168 Å². The largest absolute Gasteiger partial charge is 0.573 e. The van der Waals surface area contributed by atoms with Crippen LogP contribution in [0.1, 0.15) is 30.0 Å². The lowest BCUT2D eigenvalue weighted by atomic mass is 10.0. The predicted molar refractivity (Wildman–Crippen MR) is 101 cm³/mol. The molecule has 1 aliphatic rings. The van der Waals surface area contributed by atoms with Crippen molar-refractivity contribution in [2.24, 2.45) is 4.99 Å². The highest BCUT2D eigenvalue weighted by Gasteiger charge is 2.31. The van der Waals surface area contributed by atoms with E-state index in [1.54, 1.807) is 18.3 Å². The Balaban J connectivity index is 1.51. The number of hydrogen-bond donors (Lipinski definition) is 0. The summed E-state index contributed by atoms with van der Waals surface area (Å²) < 4.78 is 68.6. The van der Waals surface area contributed by atoms with Gasteiger partial charge in [0.2, 0.25) is 0 Å². The molecule has 0 amide bonds. The average Bonchev–Trinajstić information content (AvgIpc) is 3.17. The van der Waals surface area contributed by atoms with Crippen LogP contribution in [-0.4, -0.2) is 17.1 Å². The molecule has 154 valence electrons. The van der Waals surface area contributed by atoms with E-state index < -0.39 is 18.0 Å². The van der Waals surface area contributed by atoms with Gasteiger partial charge in [0, 0.05) is 17.5 Å². The normalized spacial score (nSPS) is 16.4. The molecule has 1 atom stereocenters. The van der Waals surface area contributed by atoms with Crippen LogP contribution < -0.4 is 4.74 Å². The Bertz CT molecular complexity index is 1060. The SMILES string of the molecule is Fc1cccc(F)c1C1=NC(c2ccc(-c3ccc(OC(F)(F)F)cc3)nc2)CC1. The monoisotopic (exact) mass is 418 g/mol. The van der Waals surface area contributed by atoms with E-state index in [1.807, 2.05) is 0 Å². The van der Waals surface area contributed by atoms with Crippen LogP contribution in [0.4, 0.5) is 22.0 Å². The van der Waals surface area contributed by atoms with E-state index in [4.69, 9.17) is 0 Å². The van der Waals surface area contributed by atoms with E-state index in [0.717, 1.165) is 5.56 Å². The number of halogens is 5. The van der Waals surface area contributed by atoms with Crippen molar-refractivity contribution in [1.82, 2.24) is 4.98 Å². The lowest BCUT2D eigenvalue weighted by Crippen LogP contribution is -2.16. The summed E-state index contributed by atoms with van der Waals surface area (Å²) in [5.74, 6) is -1.59. The van der Waals surface area contributed by atoms with E-state index in [9.17, 15) is 22.0 Å². The highest BCUT2D eigenvalue weighted by Crippen LogP contribution is 2.33. The van der Waals surface area contributed by atoms with E-state index >= 15 is 0 Å². The minimum absolute atomic E-state index is 0.0919. The van der Waals surface area contributed by atoms with Crippen molar-refractivity contribution in [2.45, 2.75) is 25.2 Å². The smallest absolute Gasteiger partial charge is 0.406 e. The van der Waals surface area contributed by atoms with E-state index in [-0.39, 0.29) is 17.4 Å². The first-order valence-corrected chi connectivity index (χ1v) is 9.13. The van der Waals surface area contributed by atoms with Crippen LogP contribution in [0.15, 0.2) is 65.8 Å². The highest BCUT2D eigenvalue weighted by atomic mass is 19.4. The minimum atomic E-state index is -4.74. The number of alkyl halides is 3. The maximum absolute atomic E-state index is 14.0. The average molecular weight is 418 g/mol. The molecule has 0 aliphatic carbocycles. The summed E-state index contributed by atoms with van der Waals surface area (Å²) in [5, 5.41) is 0. The van der Waals surface area contributed by atoms with E-state index in [2.05, 4.69) is 14.7 Å². The minimum Gasteiger partial charge on any atom is -0.406 e. The van der Waals surface area contributed by atoms with Crippen molar-refractivity contribution in [3.8, 4) is 17.0 Å². The predicted octanol–water partition coefficient (Wildman–Crippen LogP) is 6.25. The Morgan fingerprint density at radius 2 is 1.60 bits per heavy atom. The third kappa shape index (κ3) is 4.32. The molecule has 0 bridgehead atoms. The van der Waals surface area contributed by atoms with E-state index in [0.29, 0.717) is 29.8 Å². The van der Waals surface area contributed by atoms with Gasteiger partial charge in [-0.2, -0.15) is 0 Å². The molecule has 3 aromatic rings. The number of nitrogens with zero attached hydrogens (tertiary/aromatic N) is 2. The van der Waals surface area contributed by atoms with Gasteiger partial charge in [-0.25, -0.2) is 8.78 Å². The van der Waals surface area contributed by atoms with Gasteiger partial charge in [0.15, 0.2) is 0 Å². The number of aliphatic imine (C=N–C) groups is 1. The van der Waals surface area contributed by atoms with Crippen LogP contribution in [0.3, 0.4) is 0 Å². The first kappa shape index (κ1) is 20.0. The summed E-state index contributed by atoms with van der Waals surface area (Å²) in [4.78, 5) is 8.82. The number of aromatic nitrogens is 1. The van der Waals surface area contributed by atoms with Crippen LogP contribution >= 0.6 is 0 Å². The molecular weight excluding hydrogens is 403 g/mol. The number of ether oxygens (including phenoxy) is 1. The molecule has 3 nitrogen and oxygen atoms in total. The second-order valence-corrected chi connectivity index (χ2v) is 6.78. The Morgan fingerprint density at radius 3 is 2.20 bits per heavy atom. The first-order chi connectivity index (χ1) is 14.3. The molecule has 2 heterocycles. The second kappa shape index (κ2) is 7.85. The fourth-order valence-corrected chi connectivity index (χ4v) is 3.40. The van der Waals surface area contributed by atoms with Gasteiger partial charge in [0.05, 0.1) is 17.3 Å². The van der Waals surface area contributed by atoms with Gasteiger partial charge in [-0.15, -0.1) is 13.2 Å². The summed E-state index contributed by atoms with van der Waals surface area (Å²) in [6.07, 6.45) is -2.07. The maximum Gasteiger partial charge on any atom is 0.573 e. The van der Waals surface area contributed by atoms with Crippen LogP contribution in [0.25, 0.3) is 11.3 Å². The van der Waals surface area contributed by atoms with Crippen LogP contribution in [0.2, 0.25) is 0 Å². The van der Waals surface area contributed by atoms with Crippen molar-refractivity contribution in [1.29, 1.82) is 0 Å². The summed E-state index contributed by atoms with van der Waals surface area (Å²) in [7, 11) is 0. The zero-order chi connectivity index (χ0) is 21.3. The maximum atomic E-state index is 14.0. The summed E-state index contributed by atoms with van der Waals surface area (Å²) in [5.41, 5.74) is 2.29. The third-order valence-electron chi connectivity index (χ3n) is 4.77. The topological polar surface area (TPSA) is 34.5 Å². The van der Waals surface area contributed by atoms with Gasteiger partial charge in [-0.3, -0.25) is 9.98 Å². The van der Waals surface area contributed by atoms with Crippen LogP contribution in [0, 0.1) is 11.6 Å². The first-order valence-electron chi connectivity index (χ1n) is 9.13. The fraction of sp³-hybridized carbons (Fsp3) is 0.182. The lowest BCUT2D eigenvalue weighted by molar-refractivity contribution is -0.274. The summed E-state index contributed by atoms with van der Waals surface area (Å²) in [6, 6.07) is 12.4. The molecule has 0 N–H and O–H groups in total. The van der Waals surface area contributed by atoms with Crippen LogP contribution in [0.5, 0.6) is 5.75 Å². The Kier molecular flexibility index (Phi) is 5.24. The molecule has 2 aromatic carbocycles. The van der Waals surface area contributed by atoms with Crippen LogP contribution in [-0.2, 0) is 0 Å². The van der Waals surface area contributed by atoms with Gasteiger partial charge in [0.25, 0.3) is 0 Å². The molecule has 0 saturated heterocycles. The molecule has 1 unspecified atom stereocenters. The van der Waals surface area contributed by atoms with Crippen molar-refractivity contribution in [3.63, 3.8) is 0 Å². The molecule has 8 heteroatoms. The van der Waals surface area contributed by atoms with Gasteiger partial charge in [-0.1, -0.05) is 12.1 Å². The third-order valence-corrected chi connectivity index (χ3v) is 4.77. The molecule has 30 heavy (non-hydrogen) atoms. The highest BCUT2D eigenvalue weighted by molar-refractivity contribution is 6.02. The quantitative estimate of drug-likeness (QED) is 0.470. The molecular formula is C22H15F5N2O. The standard InChI is InChI=1S/C22H15F5N2O/c23-16-2-1-3-17(24)21(16)20-11-10-19(29-20)14-6-9-18(28-12-14)13-4-7-15(8-5-13)30-22(25,26)27/h1-9,12,19H,10-11H2. The molecule has 0 fully saturated rings. The van der Waals surface area contributed by atoms with Crippen molar-refractivity contribution >= 4 is 5.71 Å². The van der Waals surface area contributed by atoms with E-state index in [1.165, 1.54) is 42.5 Å².